The van der Waals surface area contributed by atoms with Gasteiger partial charge in [0, 0.05) is 25.3 Å². The number of amides is 2. The summed E-state index contributed by atoms with van der Waals surface area (Å²) in [6.45, 7) is 2.81. The lowest BCUT2D eigenvalue weighted by molar-refractivity contribution is -0.141. The van der Waals surface area contributed by atoms with Crippen molar-refractivity contribution in [2.45, 2.75) is 25.6 Å². The number of benzene rings is 2. The van der Waals surface area contributed by atoms with Gasteiger partial charge in [-0.2, -0.15) is 13.2 Å². The molecule has 2 aromatic rings. The van der Waals surface area contributed by atoms with Crippen molar-refractivity contribution < 1.29 is 22.8 Å². The monoisotopic (exact) mass is 405 g/mol. The number of halogens is 3. The van der Waals surface area contributed by atoms with Crippen LogP contribution in [0.2, 0.25) is 0 Å². The molecule has 154 valence electrons. The molecule has 3 rings (SSSR count). The number of hydrogen-bond donors (Lipinski definition) is 1. The summed E-state index contributed by atoms with van der Waals surface area (Å²) in [5.74, 6) is -1.23. The summed E-state index contributed by atoms with van der Waals surface area (Å²) in [7, 11) is 0. The molecule has 8 heteroatoms. The van der Waals surface area contributed by atoms with Crippen molar-refractivity contribution in [3.63, 3.8) is 0 Å². The molecule has 2 amide bonds. The van der Waals surface area contributed by atoms with Crippen LogP contribution >= 0.6 is 0 Å². The van der Waals surface area contributed by atoms with Crippen molar-refractivity contribution in [3.8, 4) is 0 Å². The van der Waals surface area contributed by atoms with Gasteiger partial charge in [-0.1, -0.05) is 36.4 Å². The Morgan fingerprint density at radius 1 is 1.07 bits per heavy atom. The molecular weight excluding hydrogens is 383 g/mol. The normalized spacial score (nSPS) is 17.3. The second kappa shape index (κ2) is 8.14. The van der Waals surface area contributed by atoms with Crippen LogP contribution in [0.4, 0.5) is 18.9 Å². The van der Waals surface area contributed by atoms with Gasteiger partial charge in [0.2, 0.25) is 11.8 Å². The van der Waals surface area contributed by atoms with Gasteiger partial charge < -0.3 is 15.5 Å². The fourth-order valence-corrected chi connectivity index (χ4v) is 3.68. The van der Waals surface area contributed by atoms with E-state index in [1.807, 2.05) is 36.1 Å². The van der Waals surface area contributed by atoms with E-state index in [0.717, 1.165) is 17.3 Å². The highest BCUT2D eigenvalue weighted by atomic mass is 19.4. The quantitative estimate of drug-likeness (QED) is 0.851. The molecule has 5 nitrogen and oxygen atoms in total. The maximum Gasteiger partial charge on any atom is 0.416 e. The van der Waals surface area contributed by atoms with E-state index in [-0.39, 0.29) is 18.7 Å². The second-order valence-electron chi connectivity index (χ2n) is 7.07. The van der Waals surface area contributed by atoms with Crippen LogP contribution in [0.1, 0.15) is 16.7 Å². The zero-order valence-corrected chi connectivity index (χ0v) is 15.9. The first-order valence-corrected chi connectivity index (χ1v) is 9.23. The fourth-order valence-electron chi connectivity index (χ4n) is 3.68. The summed E-state index contributed by atoms with van der Waals surface area (Å²) in [4.78, 5) is 28.1. The molecule has 2 aromatic carbocycles. The van der Waals surface area contributed by atoms with Crippen molar-refractivity contribution in [2.75, 3.05) is 24.5 Å². The lowest BCUT2D eigenvalue weighted by atomic mass is 10.0. The van der Waals surface area contributed by atoms with Gasteiger partial charge in [0.15, 0.2) is 0 Å². The Labute approximate surface area is 166 Å². The van der Waals surface area contributed by atoms with Crippen molar-refractivity contribution in [3.05, 3.63) is 65.2 Å². The number of aryl methyl sites for hydroxylation is 1. The van der Waals surface area contributed by atoms with Crippen LogP contribution in [0.25, 0.3) is 0 Å². The predicted molar refractivity (Wildman–Crippen MR) is 103 cm³/mol. The minimum atomic E-state index is -4.55. The van der Waals surface area contributed by atoms with Crippen LogP contribution in [-0.4, -0.2) is 42.4 Å². The molecule has 1 fully saturated rings. The van der Waals surface area contributed by atoms with Gasteiger partial charge in [0.05, 0.1) is 12.0 Å². The Morgan fingerprint density at radius 3 is 2.38 bits per heavy atom. The van der Waals surface area contributed by atoms with Gasteiger partial charge in [0.1, 0.15) is 6.04 Å². The van der Waals surface area contributed by atoms with Crippen molar-refractivity contribution in [2.24, 2.45) is 5.73 Å². The van der Waals surface area contributed by atoms with Gasteiger partial charge in [-0.3, -0.25) is 9.59 Å². The average molecular weight is 405 g/mol. The maximum atomic E-state index is 13.2. The van der Waals surface area contributed by atoms with E-state index in [9.17, 15) is 22.8 Å². The third kappa shape index (κ3) is 4.52. The van der Waals surface area contributed by atoms with Crippen LogP contribution in [0.3, 0.4) is 0 Å². The lowest BCUT2D eigenvalue weighted by Gasteiger charge is -2.41. The molecular formula is C21H22F3N3O2. The maximum absolute atomic E-state index is 13.2. The van der Waals surface area contributed by atoms with Gasteiger partial charge in [-0.05, 0) is 30.2 Å². The third-order valence-corrected chi connectivity index (χ3v) is 5.15. The van der Waals surface area contributed by atoms with E-state index in [2.05, 4.69) is 0 Å². The van der Waals surface area contributed by atoms with E-state index in [1.165, 1.54) is 23.1 Å². The number of nitrogens with zero attached hydrogens (tertiary/aromatic N) is 2. The van der Waals surface area contributed by atoms with E-state index in [0.29, 0.717) is 6.54 Å². The molecule has 1 atom stereocenters. The molecule has 1 heterocycles. The number of piperazine rings is 1. The molecule has 0 saturated carbocycles. The van der Waals surface area contributed by atoms with E-state index in [4.69, 9.17) is 5.73 Å². The summed E-state index contributed by atoms with van der Waals surface area (Å²) in [5, 5.41) is 0. The van der Waals surface area contributed by atoms with E-state index in [1.54, 1.807) is 0 Å². The summed E-state index contributed by atoms with van der Waals surface area (Å²) in [6.07, 6.45) is -4.99. The highest BCUT2D eigenvalue weighted by molar-refractivity contribution is 5.88. The summed E-state index contributed by atoms with van der Waals surface area (Å²) in [6, 6.07) is 11.7. The van der Waals surface area contributed by atoms with Gasteiger partial charge in [0.25, 0.3) is 0 Å². The second-order valence-corrected chi connectivity index (χ2v) is 7.07. The van der Waals surface area contributed by atoms with Gasteiger partial charge >= 0.3 is 6.18 Å². The molecule has 0 spiro atoms. The molecule has 1 unspecified atom stereocenters. The number of hydrogen-bond acceptors (Lipinski definition) is 3. The Morgan fingerprint density at radius 2 is 1.72 bits per heavy atom. The van der Waals surface area contributed by atoms with Gasteiger partial charge in [-0.25, -0.2) is 0 Å². The highest BCUT2D eigenvalue weighted by Gasteiger charge is 2.37. The number of rotatable bonds is 4. The molecule has 1 aliphatic rings. The summed E-state index contributed by atoms with van der Waals surface area (Å²) >= 11 is 0. The van der Waals surface area contributed by atoms with Crippen molar-refractivity contribution >= 4 is 17.5 Å². The Bertz CT molecular complexity index is 914. The van der Waals surface area contributed by atoms with Crippen molar-refractivity contribution in [1.29, 1.82) is 0 Å². The summed E-state index contributed by atoms with van der Waals surface area (Å²) < 4.78 is 39.7. The molecule has 0 aromatic heterocycles. The number of alkyl halides is 3. The lowest BCUT2D eigenvalue weighted by Crippen LogP contribution is -2.60. The molecule has 2 N–H and O–H groups in total. The van der Waals surface area contributed by atoms with E-state index >= 15 is 0 Å². The first kappa shape index (κ1) is 20.7. The first-order valence-electron chi connectivity index (χ1n) is 9.23. The fraction of sp³-hybridized carbons (Fsp3) is 0.333. The first-order chi connectivity index (χ1) is 13.7. The SMILES string of the molecule is Cc1ccccc1N1CCN(C(=O)Cc2ccccc2C(F)(F)F)C(C(N)=O)C1. The summed E-state index contributed by atoms with van der Waals surface area (Å²) in [5.41, 5.74) is 6.53. The Kier molecular flexibility index (Phi) is 5.81. The molecule has 0 aliphatic carbocycles. The molecule has 1 aliphatic heterocycles. The number of primary amides is 1. The highest BCUT2D eigenvalue weighted by Crippen LogP contribution is 2.32. The molecule has 29 heavy (non-hydrogen) atoms. The average Bonchev–Trinajstić information content (AvgIpc) is 2.67. The third-order valence-electron chi connectivity index (χ3n) is 5.15. The Hall–Kier alpha value is -3.03. The van der Waals surface area contributed by atoms with Gasteiger partial charge in [-0.15, -0.1) is 0 Å². The van der Waals surface area contributed by atoms with Crippen LogP contribution in [0, 0.1) is 6.92 Å². The zero-order valence-electron chi connectivity index (χ0n) is 15.9. The zero-order chi connectivity index (χ0) is 21.2. The van der Waals surface area contributed by atoms with Crippen LogP contribution < -0.4 is 10.6 Å². The van der Waals surface area contributed by atoms with Crippen LogP contribution in [0.15, 0.2) is 48.5 Å². The standard InChI is InChI=1S/C21H22F3N3O2/c1-14-6-2-5-9-17(14)26-10-11-27(18(13-26)20(25)29)19(28)12-15-7-3-4-8-16(15)21(22,23)24/h2-9,18H,10-13H2,1H3,(H2,25,29). The van der Waals surface area contributed by atoms with Crippen LogP contribution in [0.5, 0.6) is 0 Å². The smallest absolute Gasteiger partial charge is 0.368 e. The number of para-hydroxylation sites is 1. The topological polar surface area (TPSA) is 66.6 Å². The molecule has 1 saturated heterocycles. The Balaban J connectivity index is 1.80. The number of carbonyl (C=O) groups is 2. The van der Waals surface area contributed by atoms with Crippen LogP contribution in [-0.2, 0) is 22.2 Å². The minimum absolute atomic E-state index is 0.116. The molecule has 0 radical (unpaired) electrons. The largest absolute Gasteiger partial charge is 0.416 e. The minimum Gasteiger partial charge on any atom is -0.368 e. The van der Waals surface area contributed by atoms with E-state index < -0.39 is 36.0 Å². The molecule has 0 bridgehead atoms. The van der Waals surface area contributed by atoms with Crippen molar-refractivity contribution in [1.82, 2.24) is 4.90 Å². The number of carbonyl (C=O) groups excluding carboxylic acids is 2. The predicted octanol–water partition coefficient (Wildman–Crippen LogP) is 2.76. The number of anilines is 1. The number of nitrogens with two attached hydrogens (primary N) is 1.